The van der Waals surface area contributed by atoms with Crippen LogP contribution in [0.2, 0.25) is 0 Å². The van der Waals surface area contributed by atoms with Gasteiger partial charge in [-0.05, 0) is 58.2 Å². The van der Waals surface area contributed by atoms with Crippen molar-refractivity contribution in [3.8, 4) is 0 Å². The molecular weight excluding hydrogens is 182 g/mol. The van der Waals surface area contributed by atoms with Crippen molar-refractivity contribution in [2.24, 2.45) is 0 Å². The molecule has 15 heavy (non-hydrogen) atoms. The van der Waals surface area contributed by atoms with Crippen LogP contribution < -0.4 is 5.32 Å². The highest BCUT2D eigenvalue weighted by atomic mass is 14.8. The van der Waals surface area contributed by atoms with Crippen LogP contribution in [0.5, 0.6) is 0 Å². The predicted octanol–water partition coefficient (Wildman–Crippen LogP) is 3.82. The summed E-state index contributed by atoms with van der Waals surface area (Å²) < 4.78 is 0. The average Bonchev–Trinajstić information content (AvgIpc) is 2.17. The minimum Gasteiger partial charge on any atom is -0.319 e. The van der Waals surface area contributed by atoms with Crippen molar-refractivity contribution in [1.82, 2.24) is 5.32 Å². The van der Waals surface area contributed by atoms with E-state index >= 15 is 0 Å². The van der Waals surface area contributed by atoms with Crippen LogP contribution in [0.15, 0.2) is 23.3 Å². The van der Waals surface area contributed by atoms with E-state index in [0.717, 1.165) is 13.0 Å². The summed E-state index contributed by atoms with van der Waals surface area (Å²) in [6, 6.07) is 0. The smallest absolute Gasteiger partial charge is 0.00171 e. The molecule has 0 aliphatic heterocycles. The van der Waals surface area contributed by atoms with Gasteiger partial charge in [-0.2, -0.15) is 0 Å². The van der Waals surface area contributed by atoms with Crippen molar-refractivity contribution >= 4 is 0 Å². The molecule has 1 N–H and O–H groups in total. The number of allylic oxidation sites excluding steroid dienone is 3. The van der Waals surface area contributed by atoms with Gasteiger partial charge in [0.1, 0.15) is 0 Å². The Morgan fingerprint density at radius 2 is 2.13 bits per heavy atom. The van der Waals surface area contributed by atoms with E-state index in [-0.39, 0.29) is 0 Å². The highest BCUT2D eigenvalue weighted by Crippen LogP contribution is 2.22. The number of rotatable bonds is 4. The molecule has 86 valence electrons. The summed E-state index contributed by atoms with van der Waals surface area (Å²) in [5.74, 6) is 0. The molecule has 0 aromatic rings. The zero-order chi connectivity index (χ0) is 10.9. The first-order valence-electron chi connectivity index (χ1n) is 6.35. The van der Waals surface area contributed by atoms with Crippen molar-refractivity contribution in [2.75, 3.05) is 13.6 Å². The van der Waals surface area contributed by atoms with E-state index in [9.17, 15) is 0 Å². The van der Waals surface area contributed by atoms with E-state index in [4.69, 9.17) is 0 Å². The molecule has 0 bridgehead atoms. The predicted molar refractivity (Wildman–Crippen MR) is 68.1 cm³/mol. The molecule has 0 fully saturated rings. The number of nitrogens with one attached hydrogen (secondary N) is 1. The Balaban J connectivity index is 2.47. The SMILES string of the molecule is CNCC/C=C(C)\C1=C/CCCCCC1. The summed E-state index contributed by atoms with van der Waals surface area (Å²) in [4.78, 5) is 0. The van der Waals surface area contributed by atoms with Crippen LogP contribution in [0.1, 0.15) is 51.9 Å². The maximum Gasteiger partial charge on any atom is -0.00171 e. The molecule has 0 spiro atoms. The Hall–Kier alpha value is -0.560. The Kier molecular flexibility index (Phi) is 6.42. The lowest BCUT2D eigenvalue weighted by atomic mass is 9.95. The van der Waals surface area contributed by atoms with E-state index < -0.39 is 0 Å². The third-order valence-electron chi connectivity index (χ3n) is 3.14. The summed E-state index contributed by atoms with van der Waals surface area (Å²) in [5, 5.41) is 3.18. The van der Waals surface area contributed by atoms with E-state index in [1.165, 1.54) is 44.1 Å². The molecule has 0 saturated heterocycles. The Labute approximate surface area is 94.6 Å². The Bertz CT molecular complexity index is 225. The molecule has 0 aromatic carbocycles. The minimum atomic E-state index is 1.09. The maximum absolute atomic E-state index is 3.18. The van der Waals surface area contributed by atoms with Crippen LogP contribution in [0.3, 0.4) is 0 Å². The van der Waals surface area contributed by atoms with E-state index in [2.05, 4.69) is 24.4 Å². The van der Waals surface area contributed by atoms with Gasteiger partial charge in [-0.3, -0.25) is 0 Å². The van der Waals surface area contributed by atoms with Gasteiger partial charge in [0.15, 0.2) is 0 Å². The summed E-state index contributed by atoms with van der Waals surface area (Å²) >= 11 is 0. The van der Waals surface area contributed by atoms with Crippen molar-refractivity contribution in [1.29, 1.82) is 0 Å². The third-order valence-corrected chi connectivity index (χ3v) is 3.14. The number of hydrogen-bond donors (Lipinski definition) is 1. The average molecular weight is 207 g/mol. The first-order chi connectivity index (χ1) is 7.34. The summed E-state index contributed by atoms with van der Waals surface area (Å²) in [6.45, 7) is 3.35. The second-order valence-electron chi connectivity index (χ2n) is 4.46. The van der Waals surface area contributed by atoms with Gasteiger partial charge in [-0.1, -0.05) is 30.6 Å². The van der Waals surface area contributed by atoms with Gasteiger partial charge >= 0.3 is 0 Å². The van der Waals surface area contributed by atoms with Crippen molar-refractivity contribution in [3.05, 3.63) is 23.3 Å². The fourth-order valence-corrected chi connectivity index (χ4v) is 2.11. The van der Waals surface area contributed by atoms with Crippen molar-refractivity contribution in [2.45, 2.75) is 51.9 Å². The fourth-order valence-electron chi connectivity index (χ4n) is 2.11. The monoisotopic (exact) mass is 207 g/mol. The molecular formula is C14H25N. The van der Waals surface area contributed by atoms with Gasteiger partial charge in [0.25, 0.3) is 0 Å². The van der Waals surface area contributed by atoms with E-state index in [1.54, 1.807) is 5.57 Å². The lowest BCUT2D eigenvalue weighted by Crippen LogP contribution is -2.06. The van der Waals surface area contributed by atoms with Crippen LogP contribution in [0.25, 0.3) is 0 Å². The van der Waals surface area contributed by atoms with Crippen LogP contribution in [0.4, 0.5) is 0 Å². The largest absolute Gasteiger partial charge is 0.319 e. The number of hydrogen-bond acceptors (Lipinski definition) is 1. The van der Waals surface area contributed by atoms with Gasteiger partial charge in [-0.15, -0.1) is 0 Å². The second kappa shape index (κ2) is 7.70. The third kappa shape index (κ3) is 5.17. The van der Waals surface area contributed by atoms with E-state index in [0.29, 0.717) is 0 Å². The molecule has 0 radical (unpaired) electrons. The molecule has 0 saturated carbocycles. The first kappa shape index (κ1) is 12.5. The molecule has 0 amide bonds. The second-order valence-corrected chi connectivity index (χ2v) is 4.46. The normalized spacial score (nSPS) is 22.8. The quantitative estimate of drug-likeness (QED) is 0.691. The lowest BCUT2D eigenvalue weighted by molar-refractivity contribution is 0.627. The van der Waals surface area contributed by atoms with E-state index in [1.807, 2.05) is 7.05 Å². The van der Waals surface area contributed by atoms with Crippen LogP contribution in [-0.4, -0.2) is 13.6 Å². The fraction of sp³-hybridized carbons (Fsp3) is 0.714. The zero-order valence-electron chi connectivity index (χ0n) is 10.3. The Morgan fingerprint density at radius 3 is 2.93 bits per heavy atom. The summed E-state index contributed by atoms with van der Waals surface area (Å²) in [7, 11) is 2.01. The lowest BCUT2D eigenvalue weighted by Gasteiger charge is -2.12. The minimum absolute atomic E-state index is 1.09. The van der Waals surface area contributed by atoms with Gasteiger partial charge in [0.05, 0.1) is 0 Å². The molecule has 1 aliphatic carbocycles. The molecule has 0 heterocycles. The summed E-state index contributed by atoms with van der Waals surface area (Å²) in [5.41, 5.74) is 3.11. The maximum atomic E-state index is 3.18. The molecule has 1 rings (SSSR count). The van der Waals surface area contributed by atoms with Gasteiger partial charge in [-0.25, -0.2) is 0 Å². The molecule has 0 atom stereocenters. The highest BCUT2D eigenvalue weighted by molar-refractivity contribution is 5.29. The zero-order valence-corrected chi connectivity index (χ0v) is 10.3. The van der Waals surface area contributed by atoms with Crippen LogP contribution in [0, 0.1) is 0 Å². The molecule has 0 aromatic heterocycles. The van der Waals surface area contributed by atoms with Crippen molar-refractivity contribution < 1.29 is 0 Å². The molecule has 1 heteroatoms. The summed E-state index contributed by atoms with van der Waals surface area (Å²) in [6.07, 6.45) is 14.2. The highest BCUT2D eigenvalue weighted by Gasteiger charge is 2.03. The molecule has 1 nitrogen and oxygen atoms in total. The van der Waals surface area contributed by atoms with Crippen molar-refractivity contribution in [3.63, 3.8) is 0 Å². The molecule has 0 unspecified atom stereocenters. The topological polar surface area (TPSA) is 12.0 Å². The van der Waals surface area contributed by atoms with Gasteiger partial charge in [0, 0.05) is 0 Å². The Morgan fingerprint density at radius 1 is 1.33 bits per heavy atom. The standard InChI is InChI=1S/C14H25N/c1-13(9-8-12-15-2)14-10-6-4-3-5-7-11-14/h9-10,15H,3-8,11-12H2,1-2H3/b13-9-,14-10-. The molecule has 1 aliphatic rings. The van der Waals surface area contributed by atoms with Crippen LogP contribution in [-0.2, 0) is 0 Å². The van der Waals surface area contributed by atoms with Gasteiger partial charge < -0.3 is 5.32 Å². The van der Waals surface area contributed by atoms with Gasteiger partial charge in [0.2, 0.25) is 0 Å². The van der Waals surface area contributed by atoms with Crippen LogP contribution >= 0.6 is 0 Å². The first-order valence-corrected chi connectivity index (χ1v) is 6.35.